The molecule has 0 saturated heterocycles. The summed E-state index contributed by atoms with van der Waals surface area (Å²) in [6, 6.07) is 19.2. The van der Waals surface area contributed by atoms with Gasteiger partial charge >= 0.3 is 0 Å². The summed E-state index contributed by atoms with van der Waals surface area (Å²) >= 11 is 0. The van der Waals surface area contributed by atoms with Gasteiger partial charge in [0, 0.05) is 16.8 Å². The highest BCUT2D eigenvalue weighted by atomic mass is 19.1. The van der Waals surface area contributed by atoms with Crippen molar-refractivity contribution in [1.82, 2.24) is 0 Å². The molecule has 1 saturated carbocycles. The van der Waals surface area contributed by atoms with Crippen molar-refractivity contribution >= 4 is 29.5 Å². The fourth-order valence-corrected chi connectivity index (χ4v) is 4.56. The van der Waals surface area contributed by atoms with Gasteiger partial charge in [-0.3, -0.25) is 9.59 Å². The summed E-state index contributed by atoms with van der Waals surface area (Å²) in [6.07, 6.45) is 3.92. The summed E-state index contributed by atoms with van der Waals surface area (Å²) in [7, 11) is 0. The number of Topliss-reactive ketones (excluding diaryl/α,β-unsaturated/α-hetero) is 1. The number of hydrogen-bond acceptors (Lipinski definition) is 2. The van der Waals surface area contributed by atoms with Crippen LogP contribution in [0.4, 0.5) is 14.5 Å². The van der Waals surface area contributed by atoms with Gasteiger partial charge in [-0.15, -0.1) is 0 Å². The topological polar surface area (TPSA) is 46.2 Å². The average Bonchev–Trinajstić information content (AvgIpc) is 3.05. The van der Waals surface area contributed by atoms with Gasteiger partial charge in [0.25, 0.3) is 0 Å². The molecule has 0 bridgehead atoms. The van der Waals surface area contributed by atoms with Crippen molar-refractivity contribution in [2.75, 3.05) is 5.32 Å². The van der Waals surface area contributed by atoms with E-state index in [1.165, 1.54) is 24.3 Å². The lowest BCUT2D eigenvalue weighted by Crippen LogP contribution is -2.40. The van der Waals surface area contributed by atoms with Gasteiger partial charge in [-0.05, 0) is 72.0 Å². The van der Waals surface area contributed by atoms with Crippen molar-refractivity contribution in [3.63, 3.8) is 0 Å². The van der Waals surface area contributed by atoms with E-state index in [0.717, 1.165) is 11.3 Å². The molecule has 3 aromatic carbocycles. The molecule has 1 amide bonds. The van der Waals surface area contributed by atoms with Gasteiger partial charge in [0.05, 0.1) is 5.41 Å². The Hall–Kier alpha value is -3.86. The summed E-state index contributed by atoms with van der Waals surface area (Å²) in [6.45, 7) is 0. The van der Waals surface area contributed by atoms with E-state index in [4.69, 9.17) is 0 Å². The third kappa shape index (κ3) is 3.46. The van der Waals surface area contributed by atoms with E-state index < -0.39 is 5.41 Å². The Morgan fingerprint density at radius 3 is 1.75 bits per heavy atom. The second-order valence-corrected chi connectivity index (χ2v) is 8.21. The number of allylic oxidation sites excluding steroid dienone is 2. The molecule has 1 spiro atoms. The molecule has 158 valence electrons. The summed E-state index contributed by atoms with van der Waals surface area (Å²) in [5.74, 6) is -1.04. The quantitative estimate of drug-likeness (QED) is 0.535. The molecule has 0 atom stereocenters. The molecule has 5 heteroatoms. The van der Waals surface area contributed by atoms with Crippen LogP contribution in [0.5, 0.6) is 0 Å². The number of fused-ring (bicyclic) bond motifs is 2. The van der Waals surface area contributed by atoms with Gasteiger partial charge in [0.2, 0.25) is 5.91 Å². The predicted octanol–water partition coefficient (Wildman–Crippen LogP) is 5.68. The lowest BCUT2D eigenvalue weighted by atomic mass is 9.65. The van der Waals surface area contributed by atoms with Crippen molar-refractivity contribution in [3.8, 4) is 0 Å². The number of carbonyl (C=O) groups excluding carboxylic acids is 2. The average molecular weight is 427 g/mol. The fourth-order valence-electron chi connectivity index (χ4n) is 4.56. The minimum atomic E-state index is -0.914. The number of amides is 1. The van der Waals surface area contributed by atoms with Crippen LogP contribution in [-0.2, 0) is 15.0 Å². The second-order valence-electron chi connectivity index (χ2n) is 8.21. The fraction of sp³-hybridized carbons (Fsp3) is 0.111. The Balaban J connectivity index is 1.65. The predicted molar refractivity (Wildman–Crippen MR) is 120 cm³/mol. The number of carbonyl (C=O) groups is 2. The second kappa shape index (κ2) is 7.68. The Bertz CT molecular complexity index is 1220. The Morgan fingerprint density at radius 2 is 1.22 bits per heavy atom. The molecular formula is C27H19F2NO2. The monoisotopic (exact) mass is 427 g/mol. The first-order valence-electron chi connectivity index (χ1n) is 10.3. The molecule has 0 aromatic heterocycles. The number of para-hydroxylation sites is 1. The van der Waals surface area contributed by atoms with Crippen LogP contribution in [0.3, 0.4) is 0 Å². The number of halogens is 2. The van der Waals surface area contributed by atoms with Crippen LogP contribution < -0.4 is 5.32 Å². The van der Waals surface area contributed by atoms with Crippen LogP contribution in [0, 0.1) is 11.6 Å². The van der Waals surface area contributed by atoms with E-state index in [1.54, 1.807) is 36.4 Å². The number of anilines is 1. The standard InChI is InChI=1S/C27H19F2NO2/c28-21-9-5-17(6-10-21)13-19-15-27(23-3-1-2-4-24(23)30-26(27)32)16-20(25(19)31)14-18-7-11-22(29)12-8-18/h1-14H,15-16H2,(H,30,32). The number of ketones is 1. The maximum absolute atomic E-state index is 13.4. The van der Waals surface area contributed by atoms with E-state index in [9.17, 15) is 18.4 Å². The van der Waals surface area contributed by atoms with Crippen LogP contribution >= 0.6 is 0 Å². The minimum Gasteiger partial charge on any atom is -0.325 e. The number of hydrogen-bond donors (Lipinski definition) is 1. The molecule has 1 aliphatic carbocycles. The van der Waals surface area contributed by atoms with Crippen molar-refractivity contribution < 1.29 is 18.4 Å². The molecule has 5 rings (SSSR count). The summed E-state index contributed by atoms with van der Waals surface area (Å²) < 4.78 is 26.7. The van der Waals surface area contributed by atoms with E-state index >= 15 is 0 Å². The first-order valence-corrected chi connectivity index (χ1v) is 10.3. The molecule has 1 N–H and O–H groups in total. The van der Waals surface area contributed by atoms with Gasteiger partial charge in [0.1, 0.15) is 11.6 Å². The van der Waals surface area contributed by atoms with Gasteiger partial charge in [-0.25, -0.2) is 8.78 Å². The summed E-state index contributed by atoms with van der Waals surface area (Å²) in [5.41, 5.74) is 2.99. The van der Waals surface area contributed by atoms with Crippen molar-refractivity contribution in [2.45, 2.75) is 18.3 Å². The zero-order valence-corrected chi connectivity index (χ0v) is 17.1. The number of nitrogens with one attached hydrogen (secondary N) is 1. The maximum Gasteiger partial charge on any atom is 0.235 e. The van der Waals surface area contributed by atoms with Crippen molar-refractivity contribution in [1.29, 1.82) is 0 Å². The third-order valence-corrected chi connectivity index (χ3v) is 6.12. The largest absolute Gasteiger partial charge is 0.325 e. The van der Waals surface area contributed by atoms with Crippen LogP contribution in [0.1, 0.15) is 29.5 Å². The van der Waals surface area contributed by atoms with Crippen LogP contribution in [0.2, 0.25) is 0 Å². The van der Waals surface area contributed by atoms with E-state index in [-0.39, 0.29) is 36.2 Å². The summed E-state index contributed by atoms with van der Waals surface area (Å²) in [5, 5.41) is 2.95. The van der Waals surface area contributed by atoms with Gasteiger partial charge in [-0.2, -0.15) is 0 Å². The maximum atomic E-state index is 13.4. The molecule has 3 nitrogen and oxygen atoms in total. The molecule has 32 heavy (non-hydrogen) atoms. The molecular weight excluding hydrogens is 408 g/mol. The Labute approximate surface area is 184 Å². The first kappa shape index (κ1) is 20.1. The van der Waals surface area contributed by atoms with Crippen LogP contribution in [-0.4, -0.2) is 11.7 Å². The lowest BCUT2D eigenvalue weighted by molar-refractivity contribution is -0.122. The van der Waals surface area contributed by atoms with Crippen LogP contribution in [0.15, 0.2) is 83.9 Å². The van der Waals surface area contributed by atoms with Gasteiger partial charge < -0.3 is 5.32 Å². The normalized spacial score (nSPS) is 22.4. The zero-order chi connectivity index (χ0) is 22.3. The molecule has 1 heterocycles. The lowest BCUT2D eigenvalue weighted by Gasteiger charge is -2.34. The molecule has 1 aliphatic heterocycles. The highest BCUT2D eigenvalue weighted by molar-refractivity contribution is 6.18. The Kier molecular flexibility index (Phi) is 4.82. The summed E-state index contributed by atoms with van der Waals surface area (Å²) in [4.78, 5) is 26.6. The van der Waals surface area contributed by atoms with E-state index in [1.807, 2.05) is 24.3 Å². The van der Waals surface area contributed by atoms with Gasteiger partial charge in [0.15, 0.2) is 5.78 Å². The van der Waals surface area contributed by atoms with Crippen LogP contribution in [0.25, 0.3) is 12.2 Å². The minimum absolute atomic E-state index is 0.152. The number of benzene rings is 3. The highest BCUT2D eigenvalue weighted by Crippen LogP contribution is 2.50. The Morgan fingerprint density at radius 1 is 0.719 bits per heavy atom. The first-order chi connectivity index (χ1) is 15.4. The zero-order valence-electron chi connectivity index (χ0n) is 17.1. The number of rotatable bonds is 2. The molecule has 3 aromatic rings. The molecule has 2 aliphatic rings. The third-order valence-electron chi connectivity index (χ3n) is 6.12. The van der Waals surface area contributed by atoms with E-state index in [2.05, 4.69) is 5.32 Å². The SMILES string of the molecule is O=C1C(=Cc2ccc(F)cc2)CC2(CC1=Cc1ccc(F)cc1)C(=O)Nc1ccccc12. The van der Waals surface area contributed by atoms with E-state index in [0.29, 0.717) is 22.3 Å². The van der Waals surface area contributed by atoms with Gasteiger partial charge in [-0.1, -0.05) is 42.5 Å². The van der Waals surface area contributed by atoms with Crippen molar-refractivity contribution in [3.05, 3.63) is 112 Å². The molecule has 0 radical (unpaired) electrons. The molecule has 1 fully saturated rings. The smallest absolute Gasteiger partial charge is 0.235 e. The van der Waals surface area contributed by atoms with Crippen molar-refractivity contribution in [2.24, 2.45) is 0 Å². The molecule has 0 unspecified atom stereocenters. The highest BCUT2D eigenvalue weighted by Gasteiger charge is 2.51.